The van der Waals surface area contributed by atoms with E-state index in [0.29, 0.717) is 10.0 Å². The number of carbonyl (C=O) groups is 1. The van der Waals surface area contributed by atoms with Crippen molar-refractivity contribution in [3.8, 4) is 0 Å². The molecule has 2 N–H and O–H groups in total. The molecule has 2 rings (SSSR count). The van der Waals surface area contributed by atoms with Gasteiger partial charge in [-0.3, -0.25) is 4.79 Å². The number of benzene rings is 2. The lowest BCUT2D eigenvalue weighted by molar-refractivity contribution is -0.114. The smallest absolute Gasteiger partial charge is 0.243 e. The monoisotopic (exact) mass is 330 g/mol. The molecule has 0 spiro atoms. The molecule has 2 aromatic carbocycles. The number of hydrogen-bond donors (Lipinski definition) is 2. The highest BCUT2D eigenvalue weighted by Gasteiger charge is 2.10. The maximum atomic E-state index is 13.4. The molecule has 0 aliphatic carbocycles. The van der Waals surface area contributed by atoms with Crippen LogP contribution in [0.2, 0.25) is 10.0 Å². The number of rotatable bonds is 4. The molecule has 1 amide bonds. The number of carbonyl (C=O) groups excluding carboxylic acids is 1. The summed E-state index contributed by atoms with van der Waals surface area (Å²) >= 11 is 11.8. The molecule has 0 radical (unpaired) electrons. The minimum Gasteiger partial charge on any atom is -0.374 e. The Hall–Kier alpha value is -1.85. The van der Waals surface area contributed by atoms with Gasteiger partial charge in [-0.15, -0.1) is 0 Å². The molecular formula is C14H10Cl2F2N2O. The fourth-order valence-corrected chi connectivity index (χ4v) is 2.10. The van der Waals surface area contributed by atoms with Gasteiger partial charge in [0.2, 0.25) is 5.91 Å². The highest BCUT2D eigenvalue weighted by molar-refractivity contribution is 6.39. The summed E-state index contributed by atoms with van der Waals surface area (Å²) in [5, 5.41) is 5.67. The van der Waals surface area contributed by atoms with E-state index in [2.05, 4.69) is 10.6 Å². The van der Waals surface area contributed by atoms with Crippen LogP contribution in [-0.4, -0.2) is 12.5 Å². The van der Waals surface area contributed by atoms with Gasteiger partial charge in [0.05, 0.1) is 28.0 Å². The average Bonchev–Trinajstić information content (AvgIpc) is 2.42. The number of hydrogen-bond acceptors (Lipinski definition) is 2. The number of amides is 1. The quantitative estimate of drug-likeness (QED) is 0.876. The Bertz CT molecular complexity index is 660. The van der Waals surface area contributed by atoms with Crippen LogP contribution >= 0.6 is 23.2 Å². The van der Waals surface area contributed by atoms with Crippen LogP contribution in [0.25, 0.3) is 0 Å². The largest absolute Gasteiger partial charge is 0.374 e. The Morgan fingerprint density at radius 2 is 1.76 bits per heavy atom. The SMILES string of the molecule is O=C(CNc1ccc(F)cc1F)Nc1c(Cl)cccc1Cl. The zero-order valence-corrected chi connectivity index (χ0v) is 12.1. The summed E-state index contributed by atoms with van der Waals surface area (Å²) in [5.74, 6) is -1.93. The van der Waals surface area contributed by atoms with Crippen LogP contribution in [0, 0.1) is 11.6 Å². The van der Waals surface area contributed by atoms with E-state index < -0.39 is 17.5 Å². The van der Waals surface area contributed by atoms with E-state index >= 15 is 0 Å². The fourth-order valence-electron chi connectivity index (χ4n) is 1.61. The first-order chi connectivity index (χ1) is 9.97. The number of para-hydroxylation sites is 1. The van der Waals surface area contributed by atoms with Gasteiger partial charge in [0.1, 0.15) is 11.6 Å². The van der Waals surface area contributed by atoms with Crippen LogP contribution in [0.4, 0.5) is 20.2 Å². The van der Waals surface area contributed by atoms with Gasteiger partial charge in [-0.25, -0.2) is 8.78 Å². The Kier molecular flexibility index (Phi) is 4.98. The molecule has 0 heterocycles. The van der Waals surface area contributed by atoms with E-state index in [1.165, 1.54) is 6.07 Å². The lowest BCUT2D eigenvalue weighted by atomic mass is 10.3. The van der Waals surface area contributed by atoms with Crippen molar-refractivity contribution in [2.75, 3.05) is 17.2 Å². The first-order valence-electron chi connectivity index (χ1n) is 5.90. The molecule has 3 nitrogen and oxygen atoms in total. The van der Waals surface area contributed by atoms with Crippen LogP contribution in [0.5, 0.6) is 0 Å². The Labute approximate surface area is 129 Å². The summed E-state index contributed by atoms with van der Waals surface area (Å²) in [4.78, 5) is 11.8. The van der Waals surface area contributed by atoms with Gasteiger partial charge in [0.15, 0.2) is 0 Å². The molecule has 0 fully saturated rings. The van der Waals surface area contributed by atoms with Crippen molar-refractivity contribution in [1.82, 2.24) is 0 Å². The maximum Gasteiger partial charge on any atom is 0.243 e. The van der Waals surface area contributed by atoms with Crippen molar-refractivity contribution in [2.45, 2.75) is 0 Å². The van der Waals surface area contributed by atoms with Crippen molar-refractivity contribution in [3.63, 3.8) is 0 Å². The van der Waals surface area contributed by atoms with E-state index in [0.717, 1.165) is 12.1 Å². The summed E-state index contributed by atoms with van der Waals surface area (Å²) in [5.41, 5.74) is 0.309. The molecule has 0 saturated carbocycles. The molecule has 0 aliphatic heterocycles. The highest BCUT2D eigenvalue weighted by Crippen LogP contribution is 2.29. The zero-order valence-electron chi connectivity index (χ0n) is 10.6. The molecule has 2 aromatic rings. The van der Waals surface area contributed by atoms with Crippen LogP contribution in [-0.2, 0) is 4.79 Å². The van der Waals surface area contributed by atoms with E-state index in [9.17, 15) is 13.6 Å². The topological polar surface area (TPSA) is 41.1 Å². The zero-order chi connectivity index (χ0) is 15.4. The van der Waals surface area contributed by atoms with Crippen molar-refractivity contribution >= 4 is 40.5 Å². The standard InChI is InChI=1S/C14H10Cl2F2N2O/c15-9-2-1-3-10(16)14(9)20-13(21)7-19-12-5-4-8(17)6-11(12)18/h1-6,19H,7H2,(H,20,21). The van der Waals surface area contributed by atoms with Gasteiger partial charge in [-0.05, 0) is 24.3 Å². The first kappa shape index (κ1) is 15.5. The second kappa shape index (κ2) is 6.74. The van der Waals surface area contributed by atoms with Gasteiger partial charge in [0, 0.05) is 6.07 Å². The van der Waals surface area contributed by atoms with Gasteiger partial charge >= 0.3 is 0 Å². The summed E-state index contributed by atoms with van der Waals surface area (Å²) in [7, 11) is 0. The molecule has 110 valence electrons. The van der Waals surface area contributed by atoms with Crippen LogP contribution in [0.1, 0.15) is 0 Å². The van der Waals surface area contributed by atoms with Crippen LogP contribution in [0.15, 0.2) is 36.4 Å². The molecule has 0 bridgehead atoms. The van der Waals surface area contributed by atoms with Gasteiger partial charge < -0.3 is 10.6 Å². The van der Waals surface area contributed by atoms with E-state index in [1.54, 1.807) is 18.2 Å². The summed E-state index contributed by atoms with van der Waals surface area (Å²) < 4.78 is 26.1. The van der Waals surface area contributed by atoms with Gasteiger partial charge in [-0.2, -0.15) is 0 Å². The third kappa shape index (κ3) is 4.06. The molecule has 0 unspecified atom stereocenters. The highest BCUT2D eigenvalue weighted by atomic mass is 35.5. The van der Waals surface area contributed by atoms with Crippen molar-refractivity contribution in [2.24, 2.45) is 0 Å². The molecular weight excluding hydrogens is 321 g/mol. The van der Waals surface area contributed by atoms with Crippen molar-refractivity contribution in [1.29, 1.82) is 0 Å². The average molecular weight is 331 g/mol. The molecule has 0 aliphatic rings. The lowest BCUT2D eigenvalue weighted by Gasteiger charge is -2.11. The molecule has 21 heavy (non-hydrogen) atoms. The van der Waals surface area contributed by atoms with Gasteiger partial charge in [-0.1, -0.05) is 29.3 Å². The molecule has 7 heteroatoms. The number of nitrogens with one attached hydrogen (secondary N) is 2. The van der Waals surface area contributed by atoms with Crippen LogP contribution < -0.4 is 10.6 Å². The normalized spacial score (nSPS) is 10.3. The Morgan fingerprint density at radius 3 is 2.38 bits per heavy atom. The Morgan fingerprint density at radius 1 is 1.10 bits per heavy atom. The van der Waals surface area contributed by atoms with Gasteiger partial charge in [0.25, 0.3) is 0 Å². The van der Waals surface area contributed by atoms with Crippen molar-refractivity contribution < 1.29 is 13.6 Å². The lowest BCUT2D eigenvalue weighted by Crippen LogP contribution is -2.22. The predicted molar refractivity (Wildman–Crippen MR) is 79.9 cm³/mol. The Balaban J connectivity index is 1.99. The van der Waals surface area contributed by atoms with E-state index in [-0.39, 0.29) is 17.9 Å². The fraction of sp³-hybridized carbons (Fsp3) is 0.0714. The molecule has 0 aromatic heterocycles. The third-order valence-corrected chi connectivity index (χ3v) is 3.23. The second-order valence-electron chi connectivity index (χ2n) is 4.12. The summed E-state index contributed by atoms with van der Waals surface area (Å²) in [6, 6.07) is 7.83. The second-order valence-corrected chi connectivity index (χ2v) is 4.94. The van der Waals surface area contributed by atoms with E-state index in [1.807, 2.05) is 0 Å². The van der Waals surface area contributed by atoms with E-state index in [4.69, 9.17) is 23.2 Å². The minimum absolute atomic E-state index is 0.0248. The van der Waals surface area contributed by atoms with Crippen molar-refractivity contribution in [3.05, 3.63) is 58.1 Å². The molecule has 0 saturated heterocycles. The third-order valence-electron chi connectivity index (χ3n) is 2.60. The number of anilines is 2. The summed E-state index contributed by atoms with van der Waals surface area (Å²) in [6.07, 6.45) is 0. The molecule has 0 atom stereocenters. The first-order valence-corrected chi connectivity index (χ1v) is 6.66. The predicted octanol–water partition coefficient (Wildman–Crippen LogP) is 4.32. The maximum absolute atomic E-state index is 13.4. The number of halogens is 4. The minimum atomic E-state index is -0.779. The van der Waals surface area contributed by atoms with Crippen LogP contribution in [0.3, 0.4) is 0 Å². The summed E-state index contributed by atoms with van der Waals surface area (Å²) in [6.45, 7) is -0.218.